The maximum Gasteiger partial charge on any atom is 0.257 e. The van der Waals surface area contributed by atoms with E-state index in [2.05, 4.69) is 11.9 Å². The fourth-order valence-corrected chi connectivity index (χ4v) is 3.47. The first kappa shape index (κ1) is 13.2. The smallest absolute Gasteiger partial charge is 0.257 e. The summed E-state index contributed by atoms with van der Waals surface area (Å²) < 4.78 is 0. The highest BCUT2D eigenvalue weighted by molar-refractivity contribution is 6.01. The van der Waals surface area contributed by atoms with Gasteiger partial charge in [0.1, 0.15) is 6.17 Å². The molecular weight excluding hydrogens is 248 g/mol. The fourth-order valence-electron chi connectivity index (χ4n) is 3.47. The lowest BCUT2D eigenvalue weighted by Crippen LogP contribution is -2.52. The first-order valence-corrected chi connectivity index (χ1v) is 7.58. The van der Waals surface area contributed by atoms with Crippen molar-refractivity contribution in [3.05, 3.63) is 42.5 Å². The number of hydrogen-bond acceptors (Lipinski definition) is 2. The topological polar surface area (TPSA) is 32.3 Å². The van der Waals surface area contributed by atoms with Gasteiger partial charge < -0.3 is 10.2 Å². The average Bonchev–Trinajstić information content (AvgIpc) is 2.51. The number of rotatable bonds is 3. The van der Waals surface area contributed by atoms with Gasteiger partial charge in [-0.15, -0.1) is 6.58 Å². The Labute approximate surface area is 120 Å². The van der Waals surface area contributed by atoms with Gasteiger partial charge in [0.2, 0.25) is 0 Å². The van der Waals surface area contributed by atoms with Gasteiger partial charge in [0.25, 0.3) is 5.91 Å². The molecule has 1 fully saturated rings. The molecule has 1 N–H and O–H groups in total. The molecule has 20 heavy (non-hydrogen) atoms. The van der Waals surface area contributed by atoms with Crippen LogP contribution in [-0.2, 0) is 0 Å². The molecule has 3 rings (SSSR count). The van der Waals surface area contributed by atoms with Gasteiger partial charge in [0, 0.05) is 12.2 Å². The molecule has 2 aliphatic rings. The van der Waals surface area contributed by atoms with Gasteiger partial charge in [-0.2, -0.15) is 0 Å². The van der Waals surface area contributed by atoms with Crippen molar-refractivity contribution in [3.8, 4) is 0 Å². The number of carbonyl (C=O) groups excluding carboxylic acids is 1. The van der Waals surface area contributed by atoms with Crippen molar-refractivity contribution >= 4 is 11.6 Å². The van der Waals surface area contributed by atoms with E-state index in [4.69, 9.17) is 0 Å². The lowest BCUT2D eigenvalue weighted by Gasteiger charge is -2.42. The summed E-state index contributed by atoms with van der Waals surface area (Å²) in [6.45, 7) is 4.42. The standard InChI is InChI=1S/C17H22N2O/c1-2-12-19-16(13-8-4-3-5-9-13)18-15-11-7-6-10-14(15)17(19)20/h2,6-7,10-11,13,16,18H,1,3-5,8-9,12H2. The van der Waals surface area contributed by atoms with E-state index in [-0.39, 0.29) is 12.1 Å². The molecule has 3 heteroatoms. The molecule has 1 aliphatic heterocycles. The van der Waals surface area contributed by atoms with Crippen LogP contribution in [0.1, 0.15) is 42.5 Å². The Morgan fingerprint density at radius 1 is 1.25 bits per heavy atom. The van der Waals surface area contributed by atoms with Gasteiger partial charge in [-0.1, -0.05) is 37.5 Å². The van der Waals surface area contributed by atoms with Gasteiger partial charge in [0.15, 0.2) is 0 Å². The second-order valence-electron chi connectivity index (χ2n) is 5.78. The molecule has 0 aromatic heterocycles. The van der Waals surface area contributed by atoms with Crippen LogP contribution in [0.3, 0.4) is 0 Å². The summed E-state index contributed by atoms with van der Waals surface area (Å²) >= 11 is 0. The number of para-hydroxylation sites is 1. The number of benzene rings is 1. The summed E-state index contributed by atoms with van der Waals surface area (Å²) in [7, 11) is 0. The summed E-state index contributed by atoms with van der Waals surface area (Å²) in [5.41, 5.74) is 1.76. The second-order valence-corrected chi connectivity index (χ2v) is 5.78. The minimum atomic E-state index is 0.121. The minimum absolute atomic E-state index is 0.121. The van der Waals surface area contributed by atoms with E-state index < -0.39 is 0 Å². The Bertz CT molecular complexity index is 505. The predicted molar refractivity (Wildman–Crippen MR) is 81.7 cm³/mol. The first-order chi connectivity index (χ1) is 9.81. The molecule has 1 aliphatic carbocycles. The molecule has 106 valence electrons. The monoisotopic (exact) mass is 270 g/mol. The van der Waals surface area contributed by atoms with Crippen molar-refractivity contribution in [3.63, 3.8) is 0 Å². The Hall–Kier alpha value is -1.77. The second kappa shape index (κ2) is 5.70. The molecule has 0 saturated heterocycles. The highest BCUT2D eigenvalue weighted by Crippen LogP contribution is 2.34. The van der Waals surface area contributed by atoms with Crippen LogP contribution in [0.25, 0.3) is 0 Å². The zero-order chi connectivity index (χ0) is 13.9. The van der Waals surface area contributed by atoms with Crippen molar-refractivity contribution in [2.45, 2.75) is 38.3 Å². The van der Waals surface area contributed by atoms with E-state index in [1.165, 1.54) is 32.1 Å². The zero-order valence-corrected chi connectivity index (χ0v) is 11.8. The van der Waals surface area contributed by atoms with Crippen molar-refractivity contribution in [2.75, 3.05) is 11.9 Å². The van der Waals surface area contributed by atoms with Crippen LogP contribution in [0.4, 0.5) is 5.69 Å². The van der Waals surface area contributed by atoms with E-state index in [1.807, 2.05) is 35.2 Å². The van der Waals surface area contributed by atoms with Crippen molar-refractivity contribution < 1.29 is 4.79 Å². The van der Waals surface area contributed by atoms with Gasteiger partial charge in [-0.05, 0) is 30.9 Å². The fraction of sp³-hybridized carbons (Fsp3) is 0.471. The zero-order valence-electron chi connectivity index (χ0n) is 11.8. The van der Waals surface area contributed by atoms with Crippen LogP contribution >= 0.6 is 0 Å². The molecule has 1 unspecified atom stereocenters. The number of fused-ring (bicyclic) bond motifs is 1. The molecule has 1 aromatic carbocycles. The van der Waals surface area contributed by atoms with E-state index >= 15 is 0 Å². The first-order valence-electron chi connectivity index (χ1n) is 7.58. The summed E-state index contributed by atoms with van der Waals surface area (Å²) in [5, 5.41) is 3.59. The largest absolute Gasteiger partial charge is 0.364 e. The summed E-state index contributed by atoms with van der Waals surface area (Å²) in [4.78, 5) is 14.6. The molecule has 1 aromatic rings. The Morgan fingerprint density at radius 2 is 2.00 bits per heavy atom. The highest BCUT2D eigenvalue weighted by atomic mass is 16.2. The third-order valence-corrected chi connectivity index (χ3v) is 4.48. The molecule has 0 spiro atoms. The third kappa shape index (κ3) is 2.33. The number of carbonyl (C=O) groups is 1. The van der Waals surface area contributed by atoms with Crippen LogP contribution in [0.15, 0.2) is 36.9 Å². The molecule has 3 nitrogen and oxygen atoms in total. The number of nitrogens with zero attached hydrogens (tertiary/aromatic N) is 1. The molecular formula is C17H22N2O. The van der Waals surface area contributed by atoms with Gasteiger partial charge in [-0.3, -0.25) is 4.79 Å². The molecule has 1 amide bonds. The predicted octanol–water partition coefficient (Wildman–Crippen LogP) is 3.65. The van der Waals surface area contributed by atoms with Crippen LogP contribution in [0.5, 0.6) is 0 Å². The van der Waals surface area contributed by atoms with E-state index in [9.17, 15) is 4.79 Å². The maximum absolute atomic E-state index is 12.7. The van der Waals surface area contributed by atoms with Crippen LogP contribution < -0.4 is 5.32 Å². The van der Waals surface area contributed by atoms with Crippen molar-refractivity contribution in [1.29, 1.82) is 0 Å². The summed E-state index contributed by atoms with van der Waals surface area (Å²) in [6.07, 6.45) is 8.25. The lowest BCUT2D eigenvalue weighted by atomic mass is 9.85. The van der Waals surface area contributed by atoms with Crippen molar-refractivity contribution in [2.24, 2.45) is 5.92 Å². The number of amides is 1. The quantitative estimate of drug-likeness (QED) is 0.850. The van der Waals surface area contributed by atoms with Gasteiger partial charge >= 0.3 is 0 Å². The van der Waals surface area contributed by atoms with Crippen LogP contribution in [0.2, 0.25) is 0 Å². The number of hydrogen-bond donors (Lipinski definition) is 1. The molecule has 0 radical (unpaired) electrons. The number of nitrogens with one attached hydrogen (secondary N) is 1. The molecule has 1 heterocycles. The maximum atomic E-state index is 12.7. The summed E-state index contributed by atoms with van der Waals surface area (Å²) in [5.74, 6) is 0.691. The van der Waals surface area contributed by atoms with Crippen LogP contribution in [0, 0.1) is 5.92 Å². The van der Waals surface area contributed by atoms with Gasteiger partial charge in [0.05, 0.1) is 5.56 Å². The minimum Gasteiger partial charge on any atom is -0.364 e. The SMILES string of the molecule is C=CCN1C(=O)c2ccccc2NC1C1CCCCC1. The van der Waals surface area contributed by atoms with Gasteiger partial charge in [-0.25, -0.2) is 0 Å². The van der Waals surface area contributed by atoms with Crippen molar-refractivity contribution in [1.82, 2.24) is 4.90 Å². The highest BCUT2D eigenvalue weighted by Gasteiger charge is 2.36. The van der Waals surface area contributed by atoms with E-state index in [1.54, 1.807) is 0 Å². The Balaban J connectivity index is 1.91. The normalized spacial score (nSPS) is 23.1. The summed E-state index contributed by atoms with van der Waals surface area (Å²) in [6, 6.07) is 7.82. The lowest BCUT2D eigenvalue weighted by molar-refractivity contribution is 0.0622. The molecule has 1 atom stereocenters. The molecule has 1 saturated carbocycles. The average molecular weight is 270 g/mol. The number of anilines is 1. The molecule has 0 bridgehead atoms. The Kier molecular flexibility index (Phi) is 3.77. The third-order valence-electron chi connectivity index (χ3n) is 4.48. The van der Waals surface area contributed by atoms with Crippen LogP contribution in [-0.4, -0.2) is 23.5 Å². The Morgan fingerprint density at radius 3 is 2.75 bits per heavy atom. The van der Waals surface area contributed by atoms with E-state index in [0.29, 0.717) is 12.5 Å². The van der Waals surface area contributed by atoms with E-state index in [0.717, 1.165) is 11.3 Å².